The van der Waals surface area contributed by atoms with E-state index in [1.54, 1.807) is 0 Å². The lowest BCUT2D eigenvalue weighted by molar-refractivity contribution is -0.207. The first kappa shape index (κ1) is 11.2. The zero-order valence-corrected chi connectivity index (χ0v) is 5.84. The maximum atomic E-state index is 11.4. The topological polar surface area (TPSA) is 98.5 Å². The fourth-order valence-corrected chi connectivity index (χ4v) is 0.201. The molecule has 3 N–H and O–H groups in total. The van der Waals surface area contributed by atoms with Crippen LogP contribution in [0.25, 0.3) is 0 Å². The number of carbonyl (C=O) groups excluding carboxylic acids is 3. The van der Waals surface area contributed by atoms with Crippen molar-refractivity contribution in [2.45, 2.75) is 6.18 Å². The lowest BCUT2D eigenvalue weighted by Crippen LogP contribution is -2.40. The number of nitrogens with one attached hydrogen (secondary N) is 1. The smallest absolute Gasteiger partial charge is 0.361 e. The van der Waals surface area contributed by atoms with Gasteiger partial charge in [0, 0.05) is 0 Å². The van der Waals surface area contributed by atoms with E-state index in [9.17, 15) is 27.6 Å². The van der Waals surface area contributed by atoms with Gasteiger partial charge in [-0.15, -0.1) is 0 Å². The van der Waals surface area contributed by atoms with E-state index in [4.69, 9.17) is 0 Å². The Kier molecular flexibility index (Phi) is 3.22. The van der Waals surface area contributed by atoms with Crippen molar-refractivity contribution in [3.05, 3.63) is 0 Å². The van der Waals surface area contributed by atoms with Crippen molar-refractivity contribution >= 4 is 17.8 Å². The molecule has 0 aromatic heterocycles. The summed E-state index contributed by atoms with van der Waals surface area (Å²) in [6, 6.07) is 0. The molecule has 0 unspecified atom stereocenters. The van der Waals surface area contributed by atoms with Gasteiger partial charge in [-0.2, -0.15) is 18.7 Å². The molecule has 13 heavy (non-hydrogen) atoms. The van der Waals surface area contributed by atoms with E-state index in [1.165, 1.54) is 0 Å². The summed E-state index contributed by atoms with van der Waals surface area (Å²) in [6.07, 6.45) is -5.25. The maximum absolute atomic E-state index is 11.4. The largest absolute Gasteiger partial charge is 0.493 e. The van der Waals surface area contributed by atoms with Crippen LogP contribution in [0.15, 0.2) is 0 Å². The number of halogens is 3. The summed E-state index contributed by atoms with van der Waals surface area (Å²) in [5.74, 6) is -5.88. The molecular weight excluding hydrogens is 197 g/mol. The Balaban J connectivity index is 3.99. The summed E-state index contributed by atoms with van der Waals surface area (Å²) in [5, 5.41) is 0. The third kappa shape index (κ3) is 3.94. The van der Waals surface area contributed by atoms with Gasteiger partial charge in [-0.1, -0.05) is 0 Å². The zero-order valence-electron chi connectivity index (χ0n) is 5.84. The predicted molar refractivity (Wildman–Crippen MR) is 29.5 cm³/mol. The lowest BCUT2D eigenvalue weighted by Gasteiger charge is -2.05. The third-order valence-electron chi connectivity index (χ3n) is 0.692. The van der Waals surface area contributed by atoms with Crippen LogP contribution in [-0.4, -0.2) is 24.0 Å². The van der Waals surface area contributed by atoms with E-state index in [0.29, 0.717) is 0 Å². The second-order valence-electron chi connectivity index (χ2n) is 1.68. The monoisotopic (exact) mass is 200 g/mol. The number of carbonyl (C=O) groups is 3. The molecule has 0 aromatic rings. The number of hydrogen-bond acceptors (Lipinski definition) is 4. The van der Waals surface area contributed by atoms with Crippen molar-refractivity contribution < 1.29 is 32.4 Å². The van der Waals surface area contributed by atoms with Crippen molar-refractivity contribution in [1.29, 1.82) is 0 Å². The van der Waals surface area contributed by atoms with Crippen LogP contribution in [0.5, 0.6) is 0 Å². The number of alkyl halides is 3. The number of nitrogens with two attached hydrogens (primary N) is 1. The Morgan fingerprint density at radius 2 is 1.69 bits per heavy atom. The molecule has 6 nitrogen and oxygen atoms in total. The van der Waals surface area contributed by atoms with Crippen LogP contribution in [0.3, 0.4) is 0 Å². The fourth-order valence-electron chi connectivity index (χ4n) is 0.201. The molecule has 2 amide bonds. The minimum Gasteiger partial charge on any atom is -0.361 e. The number of hydrogen-bond donors (Lipinski definition) is 2. The van der Waals surface area contributed by atoms with Gasteiger partial charge in [-0.05, 0) is 0 Å². The number of rotatable bonds is 0. The van der Waals surface area contributed by atoms with Gasteiger partial charge in [-0.25, -0.2) is 4.79 Å². The Morgan fingerprint density at radius 3 is 2.00 bits per heavy atom. The van der Waals surface area contributed by atoms with E-state index >= 15 is 0 Å². The van der Waals surface area contributed by atoms with Crippen molar-refractivity contribution in [1.82, 2.24) is 5.48 Å². The summed E-state index contributed by atoms with van der Waals surface area (Å²) in [7, 11) is 0. The predicted octanol–water partition coefficient (Wildman–Crippen LogP) is -1.39. The van der Waals surface area contributed by atoms with Gasteiger partial charge in [-0.3, -0.25) is 9.59 Å². The summed E-state index contributed by atoms with van der Waals surface area (Å²) >= 11 is 0. The first-order valence-corrected chi connectivity index (χ1v) is 2.63. The number of hydroxylamine groups is 1. The summed E-state index contributed by atoms with van der Waals surface area (Å²) in [4.78, 5) is 33.1. The third-order valence-corrected chi connectivity index (χ3v) is 0.692. The molecule has 0 bridgehead atoms. The second kappa shape index (κ2) is 3.74. The standard InChI is InChI=1S/C4H3F3N2O4/c5-4(6,7)3(12)13-9-2(11)1(8)10/h(H2,8,10)(H,9,11). The zero-order chi connectivity index (χ0) is 10.6. The van der Waals surface area contributed by atoms with Crippen LogP contribution in [0.1, 0.15) is 0 Å². The molecule has 74 valence electrons. The van der Waals surface area contributed by atoms with E-state index < -0.39 is 24.0 Å². The summed E-state index contributed by atoms with van der Waals surface area (Å²) in [5.41, 5.74) is 5.21. The summed E-state index contributed by atoms with van der Waals surface area (Å²) < 4.78 is 34.1. The van der Waals surface area contributed by atoms with E-state index in [-0.39, 0.29) is 0 Å². The van der Waals surface area contributed by atoms with Crippen molar-refractivity contribution in [2.75, 3.05) is 0 Å². The highest BCUT2D eigenvalue weighted by Crippen LogP contribution is 2.15. The van der Waals surface area contributed by atoms with E-state index in [1.807, 2.05) is 0 Å². The molecule has 0 saturated carbocycles. The molecule has 0 aromatic carbocycles. The summed E-state index contributed by atoms with van der Waals surface area (Å²) in [6.45, 7) is 0. The van der Waals surface area contributed by atoms with Gasteiger partial charge in [0.2, 0.25) is 0 Å². The Bertz CT molecular complexity index is 248. The van der Waals surface area contributed by atoms with Gasteiger partial charge in [0.05, 0.1) is 0 Å². The van der Waals surface area contributed by atoms with Crippen LogP contribution in [0, 0.1) is 0 Å². The van der Waals surface area contributed by atoms with Gasteiger partial charge in [0.25, 0.3) is 0 Å². The number of amides is 2. The minimum absolute atomic E-state index is 0.905. The molecule has 0 saturated heterocycles. The van der Waals surface area contributed by atoms with Crippen molar-refractivity contribution in [3.8, 4) is 0 Å². The fraction of sp³-hybridized carbons (Fsp3) is 0.250. The Labute approximate surface area is 68.8 Å². The van der Waals surface area contributed by atoms with Gasteiger partial charge in [0.1, 0.15) is 0 Å². The molecule has 0 rings (SSSR count). The molecule has 0 heterocycles. The van der Waals surface area contributed by atoms with Crippen LogP contribution in [0.4, 0.5) is 13.2 Å². The van der Waals surface area contributed by atoms with Crippen LogP contribution in [-0.2, 0) is 19.2 Å². The molecule has 0 radical (unpaired) electrons. The van der Waals surface area contributed by atoms with Crippen LogP contribution in [0.2, 0.25) is 0 Å². The highest BCUT2D eigenvalue weighted by atomic mass is 19.4. The Morgan fingerprint density at radius 1 is 1.23 bits per heavy atom. The maximum Gasteiger partial charge on any atom is 0.493 e. The van der Waals surface area contributed by atoms with E-state index in [0.717, 1.165) is 5.48 Å². The van der Waals surface area contributed by atoms with Crippen LogP contribution >= 0.6 is 0 Å². The van der Waals surface area contributed by atoms with Gasteiger partial charge >= 0.3 is 24.0 Å². The first-order valence-electron chi connectivity index (χ1n) is 2.63. The molecule has 0 atom stereocenters. The molecule has 0 aliphatic carbocycles. The molecule has 0 aliphatic rings. The average molecular weight is 200 g/mol. The Hall–Kier alpha value is -1.80. The molecule has 0 spiro atoms. The second-order valence-corrected chi connectivity index (χ2v) is 1.68. The molecule has 9 heteroatoms. The molecule has 0 fully saturated rings. The SMILES string of the molecule is NC(=O)C(=O)NOC(=O)C(F)(F)F. The highest BCUT2D eigenvalue weighted by molar-refractivity contribution is 6.34. The normalized spacial score (nSPS) is 10.4. The van der Waals surface area contributed by atoms with Crippen molar-refractivity contribution in [2.24, 2.45) is 5.73 Å². The quantitative estimate of drug-likeness (QED) is 0.371. The highest BCUT2D eigenvalue weighted by Gasteiger charge is 2.42. The van der Waals surface area contributed by atoms with Crippen LogP contribution < -0.4 is 11.2 Å². The molecular formula is C4H3F3N2O4. The first-order chi connectivity index (χ1) is 5.75. The van der Waals surface area contributed by atoms with E-state index in [2.05, 4.69) is 10.6 Å². The van der Waals surface area contributed by atoms with Crippen molar-refractivity contribution in [3.63, 3.8) is 0 Å². The van der Waals surface area contributed by atoms with Gasteiger partial charge < -0.3 is 10.6 Å². The lowest BCUT2D eigenvalue weighted by atomic mass is 10.6. The number of primary amides is 1. The average Bonchev–Trinajstić information content (AvgIpc) is 1.97. The van der Waals surface area contributed by atoms with Gasteiger partial charge in [0.15, 0.2) is 0 Å². The molecule has 0 aliphatic heterocycles. The minimum atomic E-state index is -5.25.